The summed E-state index contributed by atoms with van der Waals surface area (Å²) < 4.78 is 15.4. The molecule has 5 nitrogen and oxygen atoms in total. The Bertz CT molecular complexity index is 949. The Labute approximate surface area is 190 Å². The maximum Gasteiger partial charge on any atom is 0.229 e. The summed E-state index contributed by atoms with van der Waals surface area (Å²) >= 11 is 0. The Hall–Kier alpha value is -1.74. The molecule has 174 valence electrons. The van der Waals surface area contributed by atoms with Crippen LogP contribution in [0.1, 0.15) is 77.7 Å². The van der Waals surface area contributed by atoms with E-state index in [1.165, 1.54) is 25.5 Å². The molecule has 0 aromatic carbocycles. The molecule has 0 aliphatic heterocycles. The molecule has 1 N–H and O–H groups in total. The van der Waals surface area contributed by atoms with E-state index in [1.54, 1.807) is 6.07 Å². The number of halogens is 1. The van der Waals surface area contributed by atoms with Gasteiger partial charge < -0.3 is 5.11 Å². The van der Waals surface area contributed by atoms with Gasteiger partial charge >= 0.3 is 0 Å². The van der Waals surface area contributed by atoms with Crippen LogP contribution in [0.2, 0.25) is 0 Å². The summed E-state index contributed by atoms with van der Waals surface area (Å²) in [4.78, 5) is 13.4. The minimum absolute atomic E-state index is 0.0354. The average Bonchev–Trinajstić information content (AvgIpc) is 3.23. The van der Waals surface area contributed by atoms with Gasteiger partial charge in [-0.2, -0.15) is 14.8 Å². The Morgan fingerprint density at radius 1 is 1.25 bits per heavy atom. The summed E-state index contributed by atoms with van der Waals surface area (Å²) in [5, 5.41) is 23.5. The Balaban J connectivity index is 1.35. The minimum Gasteiger partial charge on any atom is -0.390 e. The molecule has 0 spiro atoms. The van der Waals surface area contributed by atoms with Crippen molar-refractivity contribution in [1.82, 2.24) is 9.78 Å². The molecule has 6 heteroatoms. The zero-order valence-electron chi connectivity index (χ0n) is 19.6. The van der Waals surface area contributed by atoms with Crippen molar-refractivity contribution < 1.29 is 14.3 Å². The van der Waals surface area contributed by atoms with E-state index in [0.717, 1.165) is 48.6 Å². The number of nitriles is 1. The normalized spacial score (nSPS) is 45.4. The number of fused-ring (bicyclic) bond motifs is 5. The van der Waals surface area contributed by atoms with Crippen LogP contribution in [-0.4, -0.2) is 26.3 Å². The number of ketones is 1. The lowest BCUT2D eigenvalue weighted by atomic mass is 9.48. The van der Waals surface area contributed by atoms with Crippen LogP contribution in [0.3, 0.4) is 0 Å². The van der Waals surface area contributed by atoms with Crippen molar-refractivity contribution in [1.29, 1.82) is 5.26 Å². The van der Waals surface area contributed by atoms with Gasteiger partial charge in [-0.25, -0.2) is 4.68 Å². The summed E-state index contributed by atoms with van der Waals surface area (Å²) in [6, 6.07) is 1.79. The maximum absolute atomic E-state index is 14.3. The lowest BCUT2D eigenvalue weighted by Crippen LogP contribution is -2.51. The van der Waals surface area contributed by atoms with Gasteiger partial charge in [-0.1, -0.05) is 13.8 Å². The zero-order chi connectivity index (χ0) is 22.8. The summed E-state index contributed by atoms with van der Waals surface area (Å²) in [5.74, 6) is 3.08. The highest BCUT2D eigenvalue weighted by atomic mass is 19.1. The second-order valence-electron chi connectivity index (χ2n) is 12.0. The number of nitrogens with zero attached hydrogens (tertiary/aromatic N) is 3. The van der Waals surface area contributed by atoms with Gasteiger partial charge in [0.15, 0.2) is 5.78 Å². The van der Waals surface area contributed by atoms with E-state index in [0.29, 0.717) is 23.7 Å². The Morgan fingerprint density at radius 3 is 2.72 bits per heavy atom. The van der Waals surface area contributed by atoms with E-state index in [9.17, 15) is 14.3 Å². The lowest BCUT2D eigenvalue weighted by molar-refractivity contribution is -0.133. The molecule has 1 aromatic heterocycles. The van der Waals surface area contributed by atoms with Crippen LogP contribution < -0.4 is 0 Å². The average molecular weight is 442 g/mol. The summed E-state index contributed by atoms with van der Waals surface area (Å²) in [6.07, 6.45) is 9.72. The topological polar surface area (TPSA) is 78.9 Å². The largest absolute Gasteiger partial charge is 0.390 e. The van der Waals surface area contributed by atoms with Gasteiger partial charge in [-0.15, -0.1) is 0 Å². The van der Waals surface area contributed by atoms with Gasteiger partial charge in [0, 0.05) is 5.92 Å². The van der Waals surface area contributed by atoms with Crippen LogP contribution in [0.4, 0.5) is 4.39 Å². The number of Topliss-reactive ketones (excluding diaryl/α,β-unsaturated/α-hetero) is 1. The second kappa shape index (κ2) is 7.65. The molecule has 4 aliphatic rings. The Kier molecular flexibility index (Phi) is 5.28. The summed E-state index contributed by atoms with van der Waals surface area (Å²) in [6.45, 7) is 6.56. The standard InChI is InChI=1S/C26H36FN3O2/c1-15-10-21(22(31)14-30-24(27)17(12-28)13-29-30)26(3)9-7-19-18-6-8-25(2,32)11-16(18)4-5-20(19)23(15)26/h13,15-16,18-21,23,32H,4-11,14H2,1-3H3/t15-,16-,18+,19?,20-,21-,23?,25-,26-/m1/s1. The quantitative estimate of drug-likeness (QED) is 0.736. The van der Waals surface area contributed by atoms with Crippen LogP contribution in [0.15, 0.2) is 6.20 Å². The van der Waals surface area contributed by atoms with Gasteiger partial charge in [0.25, 0.3) is 0 Å². The predicted octanol–water partition coefficient (Wildman–Crippen LogP) is 4.73. The van der Waals surface area contributed by atoms with E-state index in [2.05, 4.69) is 18.9 Å². The molecule has 4 saturated carbocycles. The number of rotatable bonds is 3. The number of aliphatic hydroxyl groups is 1. The molecule has 4 aliphatic carbocycles. The fourth-order valence-electron chi connectivity index (χ4n) is 8.94. The lowest BCUT2D eigenvalue weighted by Gasteiger charge is -2.57. The molecule has 0 radical (unpaired) electrons. The third-order valence-corrected chi connectivity index (χ3v) is 10.1. The molecule has 0 amide bonds. The van der Waals surface area contributed by atoms with Gasteiger partial charge in [0.1, 0.15) is 18.2 Å². The molecule has 32 heavy (non-hydrogen) atoms. The first kappa shape index (κ1) is 22.1. The van der Waals surface area contributed by atoms with E-state index in [-0.39, 0.29) is 29.2 Å². The molecule has 4 fully saturated rings. The molecule has 0 saturated heterocycles. The van der Waals surface area contributed by atoms with Crippen molar-refractivity contribution in [3.8, 4) is 6.07 Å². The third-order valence-electron chi connectivity index (χ3n) is 10.1. The van der Waals surface area contributed by atoms with Crippen LogP contribution >= 0.6 is 0 Å². The highest BCUT2D eigenvalue weighted by Gasteiger charge is 2.61. The maximum atomic E-state index is 14.3. The molecule has 5 rings (SSSR count). The van der Waals surface area contributed by atoms with Gasteiger partial charge in [-0.3, -0.25) is 4.79 Å². The molecule has 9 atom stereocenters. The number of hydrogen-bond donors (Lipinski definition) is 1. The Morgan fingerprint density at radius 2 is 2.00 bits per heavy atom. The van der Waals surface area contributed by atoms with Gasteiger partial charge in [-0.05, 0) is 99.2 Å². The first-order valence-corrected chi connectivity index (χ1v) is 12.5. The molecule has 1 heterocycles. The highest BCUT2D eigenvalue weighted by molar-refractivity contribution is 5.82. The van der Waals surface area contributed by atoms with Crippen molar-refractivity contribution in [2.75, 3.05) is 0 Å². The number of hydrogen-bond acceptors (Lipinski definition) is 4. The third kappa shape index (κ3) is 3.34. The molecular formula is C26H36FN3O2. The predicted molar refractivity (Wildman–Crippen MR) is 118 cm³/mol. The molecule has 2 unspecified atom stereocenters. The van der Waals surface area contributed by atoms with E-state index >= 15 is 0 Å². The van der Waals surface area contributed by atoms with Crippen molar-refractivity contribution >= 4 is 5.78 Å². The van der Waals surface area contributed by atoms with Crippen LogP contribution in [-0.2, 0) is 11.3 Å². The van der Waals surface area contributed by atoms with E-state index < -0.39 is 11.5 Å². The first-order valence-electron chi connectivity index (χ1n) is 12.5. The SMILES string of the molecule is C[C@@H]1C[C@H](C(=O)Cn2ncc(C#N)c2F)[C@@]2(C)CCC3[C@@H](CC[C@@H]4C[C@](C)(O)CC[C@H]34)C12. The second-order valence-corrected chi connectivity index (χ2v) is 12.0. The van der Waals surface area contributed by atoms with Gasteiger partial charge in [0.05, 0.1) is 11.8 Å². The molecule has 1 aromatic rings. The minimum atomic E-state index is -0.705. The monoisotopic (exact) mass is 441 g/mol. The van der Waals surface area contributed by atoms with Crippen molar-refractivity contribution in [2.45, 2.75) is 84.3 Å². The van der Waals surface area contributed by atoms with Crippen LogP contribution in [0, 0.1) is 64.1 Å². The number of carbonyl (C=O) groups is 1. The number of carbonyl (C=O) groups excluding carboxylic acids is 1. The van der Waals surface area contributed by atoms with E-state index in [1.807, 2.05) is 6.92 Å². The van der Waals surface area contributed by atoms with Crippen LogP contribution in [0.25, 0.3) is 0 Å². The summed E-state index contributed by atoms with van der Waals surface area (Å²) in [5.41, 5.74) is -0.639. The smallest absolute Gasteiger partial charge is 0.229 e. The molecular weight excluding hydrogens is 405 g/mol. The van der Waals surface area contributed by atoms with Crippen molar-refractivity contribution in [3.05, 3.63) is 17.7 Å². The fourth-order valence-corrected chi connectivity index (χ4v) is 8.94. The fraction of sp³-hybridized carbons (Fsp3) is 0.808. The van der Waals surface area contributed by atoms with Gasteiger partial charge in [0.2, 0.25) is 5.95 Å². The first-order chi connectivity index (χ1) is 15.1. The molecule has 0 bridgehead atoms. The summed E-state index contributed by atoms with van der Waals surface area (Å²) in [7, 11) is 0. The van der Waals surface area contributed by atoms with E-state index in [4.69, 9.17) is 5.26 Å². The zero-order valence-corrected chi connectivity index (χ0v) is 19.6. The van der Waals surface area contributed by atoms with Crippen molar-refractivity contribution in [3.63, 3.8) is 0 Å². The highest BCUT2D eigenvalue weighted by Crippen LogP contribution is 2.66. The number of aromatic nitrogens is 2. The van der Waals surface area contributed by atoms with Crippen molar-refractivity contribution in [2.24, 2.45) is 46.8 Å². The van der Waals surface area contributed by atoms with Crippen LogP contribution in [0.5, 0.6) is 0 Å².